The normalized spacial score (nSPS) is 48.0. The first kappa shape index (κ1) is 42.3. The first-order valence-corrected chi connectivity index (χ1v) is 22.0. The number of phenols is 1. The van der Waals surface area contributed by atoms with Crippen LogP contribution in [0.25, 0.3) is 0 Å². The molecule has 1 aromatic rings. The lowest BCUT2D eigenvalue weighted by Gasteiger charge is -2.65. The number of aliphatic hydroxyl groups is 4. The van der Waals surface area contributed by atoms with Crippen molar-refractivity contribution in [2.45, 2.75) is 191 Å². The van der Waals surface area contributed by atoms with Crippen molar-refractivity contribution in [3.8, 4) is 5.75 Å². The molecule has 12 nitrogen and oxygen atoms in total. The van der Waals surface area contributed by atoms with Gasteiger partial charge in [0.15, 0.2) is 18.4 Å². The maximum Gasteiger partial charge on any atom is 0.163 e. The summed E-state index contributed by atoms with van der Waals surface area (Å²) in [6.45, 7) is 12.3. The zero-order valence-corrected chi connectivity index (χ0v) is 35.1. The number of aliphatic hydroxyl groups excluding tert-OH is 3. The third-order valence-corrected chi connectivity index (χ3v) is 16.7. The molecule has 0 aromatic heterocycles. The molecule has 322 valence electrons. The van der Waals surface area contributed by atoms with Crippen molar-refractivity contribution in [3.63, 3.8) is 0 Å². The smallest absolute Gasteiger partial charge is 0.163 e. The first-order chi connectivity index (χ1) is 27.0. The molecule has 0 spiro atoms. The molecular weight excluding hydrogens is 732 g/mol. The van der Waals surface area contributed by atoms with E-state index in [0.29, 0.717) is 38.0 Å². The van der Waals surface area contributed by atoms with Gasteiger partial charge in [-0.2, -0.15) is 0 Å². The summed E-state index contributed by atoms with van der Waals surface area (Å²) in [5.41, 5.74) is -1.04. The van der Waals surface area contributed by atoms with Crippen LogP contribution in [0, 0.1) is 40.4 Å². The summed E-state index contributed by atoms with van der Waals surface area (Å²) < 4.78 is 43.0. The largest absolute Gasteiger partial charge is 0.508 e. The van der Waals surface area contributed by atoms with Crippen molar-refractivity contribution < 1.29 is 58.7 Å². The predicted molar refractivity (Wildman–Crippen MR) is 209 cm³/mol. The van der Waals surface area contributed by atoms with Crippen LogP contribution in [-0.2, 0) is 39.6 Å². The van der Waals surface area contributed by atoms with E-state index < -0.39 is 53.8 Å². The maximum absolute atomic E-state index is 13.0. The summed E-state index contributed by atoms with van der Waals surface area (Å²) in [6.07, 6.45) is 2.90. The van der Waals surface area contributed by atoms with Crippen molar-refractivity contribution in [2.75, 3.05) is 13.7 Å². The highest BCUT2D eigenvalue weighted by Crippen LogP contribution is 2.70. The Kier molecular flexibility index (Phi) is 11.7. The molecule has 3 saturated heterocycles. The van der Waals surface area contributed by atoms with Crippen molar-refractivity contribution >= 4 is 0 Å². The maximum atomic E-state index is 13.0. The Morgan fingerprint density at radius 2 is 1.67 bits per heavy atom. The number of hydrogen-bond acceptors (Lipinski definition) is 12. The number of aromatic hydroxyl groups is 1. The quantitative estimate of drug-likeness (QED) is 0.198. The molecular formula is C45H70O12. The molecule has 0 radical (unpaired) electrons. The Hall–Kier alpha value is -1.42. The number of phenolic OH excluding ortho intramolecular Hbond substituents is 1. The van der Waals surface area contributed by atoms with Crippen LogP contribution < -0.4 is 0 Å². The number of rotatable bonds is 11. The lowest BCUT2D eigenvalue weighted by atomic mass is 9.42. The Morgan fingerprint density at radius 3 is 2.42 bits per heavy atom. The second-order valence-corrected chi connectivity index (χ2v) is 19.9. The van der Waals surface area contributed by atoms with Crippen LogP contribution >= 0.6 is 0 Å². The van der Waals surface area contributed by atoms with Crippen LogP contribution in [0.2, 0.25) is 0 Å². The van der Waals surface area contributed by atoms with Crippen LogP contribution in [0.15, 0.2) is 24.3 Å². The number of methoxy groups -OCH3 is 1. The molecule has 5 N–H and O–H groups in total. The summed E-state index contributed by atoms with van der Waals surface area (Å²) in [5, 5.41) is 58.0. The highest BCUT2D eigenvalue weighted by Gasteiger charge is 2.71. The molecule has 7 fully saturated rings. The Balaban J connectivity index is 0.902. The summed E-state index contributed by atoms with van der Waals surface area (Å²) >= 11 is 0. The van der Waals surface area contributed by atoms with Gasteiger partial charge in [-0.05, 0) is 126 Å². The van der Waals surface area contributed by atoms with Gasteiger partial charge in [0.05, 0.1) is 48.8 Å². The summed E-state index contributed by atoms with van der Waals surface area (Å²) in [7, 11) is 1.61. The standard InChI is InChI=1S/C45H70O12/c1-24(51-7)40(55-39-22-36-41(25(2)53-39)57-42(3,4)56-36)34(47)23-52-28-14-16-43(5)27(19-28)12-13-31-32(43)21-37(48)44(6)30(15-17-45(31,44)50)29-20-38(49)54-35(29)18-26-10-8-9-11-33(26)46/h8-11,24-25,27-32,34-41,46-50H,12-23H2,1-7H3/t24?,25?,27-,28+,29?,30-,31-,32+,34-,35?,36-,37-,38?,39+,40?,41?,43+,44+,45+/m1/s1. The van der Waals surface area contributed by atoms with Crippen molar-refractivity contribution in [1.82, 2.24) is 0 Å². The molecule has 7 aliphatic rings. The van der Waals surface area contributed by atoms with Gasteiger partial charge in [-0.25, -0.2) is 0 Å². The zero-order valence-electron chi connectivity index (χ0n) is 35.1. The fraction of sp³-hybridized carbons (Fsp3) is 0.867. The van der Waals surface area contributed by atoms with Crippen LogP contribution in [0.1, 0.15) is 111 Å². The molecule has 4 aliphatic carbocycles. The number of para-hydroxylation sites is 1. The zero-order chi connectivity index (χ0) is 40.7. The fourth-order valence-corrected chi connectivity index (χ4v) is 13.6. The average Bonchev–Trinajstić information content (AvgIpc) is 3.79. The number of ether oxygens (including phenoxy) is 7. The Labute approximate surface area is 338 Å². The molecule has 3 aliphatic heterocycles. The molecule has 4 saturated carbocycles. The van der Waals surface area contributed by atoms with E-state index in [1.165, 1.54) is 0 Å². The minimum atomic E-state index is -1.03. The van der Waals surface area contributed by atoms with E-state index in [-0.39, 0.29) is 72.0 Å². The monoisotopic (exact) mass is 802 g/mol. The van der Waals surface area contributed by atoms with Gasteiger partial charge >= 0.3 is 0 Å². The Bertz CT molecular complexity index is 1560. The van der Waals surface area contributed by atoms with E-state index in [1.807, 2.05) is 39.8 Å². The van der Waals surface area contributed by atoms with Crippen molar-refractivity contribution in [3.05, 3.63) is 29.8 Å². The second kappa shape index (κ2) is 15.8. The predicted octanol–water partition coefficient (Wildman–Crippen LogP) is 5.22. The third-order valence-electron chi connectivity index (χ3n) is 16.7. The van der Waals surface area contributed by atoms with E-state index >= 15 is 0 Å². The molecule has 7 unspecified atom stereocenters. The number of hydrogen-bond donors (Lipinski definition) is 5. The highest BCUT2D eigenvalue weighted by atomic mass is 16.8. The van der Waals surface area contributed by atoms with Crippen LogP contribution in [0.5, 0.6) is 5.75 Å². The van der Waals surface area contributed by atoms with Gasteiger partial charge in [0.25, 0.3) is 0 Å². The van der Waals surface area contributed by atoms with Crippen molar-refractivity contribution in [1.29, 1.82) is 0 Å². The molecule has 12 heteroatoms. The van der Waals surface area contributed by atoms with Gasteiger partial charge < -0.3 is 58.7 Å². The van der Waals surface area contributed by atoms with Gasteiger partial charge in [-0.3, -0.25) is 0 Å². The summed E-state index contributed by atoms with van der Waals surface area (Å²) in [4.78, 5) is 0. The number of fused-ring (bicyclic) bond motifs is 6. The van der Waals surface area contributed by atoms with Crippen LogP contribution in [-0.4, -0.2) is 118 Å². The minimum Gasteiger partial charge on any atom is -0.508 e. The first-order valence-electron chi connectivity index (χ1n) is 22.0. The van der Waals surface area contributed by atoms with Crippen molar-refractivity contribution in [2.24, 2.45) is 40.4 Å². The number of benzene rings is 1. The van der Waals surface area contributed by atoms with E-state index in [2.05, 4.69) is 13.8 Å². The second-order valence-electron chi connectivity index (χ2n) is 19.9. The van der Waals surface area contributed by atoms with Gasteiger partial charge in [-0.1, -0.05) is 32.0 Å². The summed E-state index contributed by atoms with van der Waals surface area (Å²) in [5.74, 6) is 0.0796. The molecule has 19 atom stereocenters. The van der Waals surface area contributed by atoms with E-state index in [4.69, 9.17) is 33.2 Å². The lowest BCUT2D eigenvalue weighted by molar-refractivity contribution is -0.270. The summed E-state index contributed by atoms with van der Waals surface area (Å²) in [6, 6.07) is 7.27. The highest BCUT2D eigenvalue weighted by molar-refractivity contribution is 5.32. The van der Waals surface area contributed by atoms with E-state index in [9.17, 15) is 25.5 Å². The molecule has 0 bridgehead atoms. The van der Waals surface area contributed by atoms with Crippen LogP contribution in [0.4, 0.5) is 0 Å². The lowest BCUT2D eigenvalue weighted by Crippen LogP contribution is -2.67. The van der Waals surface area contributed by atoms with Gasteiger partial charge in [0.1, 0.15) is 24.1 Å². The molecule has 1 aromatic carbocycles. The minimum absolute atomic E-state index is 0.0155. The molecule has 3 heterocycles. The fourth-order valence-electron chi connectivity index (χ4n) is 13.6. The molecule has 57 heavy (non-hydrogen) atoms. The Morgan fingerprint density at radius 1 is 0.895 bits per heavy atom. The molecule has 0 amide bonds. The van der Waals surface area contributed by atoms with Gasteiger partial charge in [0, 0.05) is 31.8 Å². The average molecular weight is 803 g/mol. The van der Waals surface area contributed by atoms with Gasteiger partial charge in [-0.15, -0.1) is 0 Å². The topological polar surface area (TPSA) is 166 Å². The van der Waals surface area contributed by atoms with Gasteiger partial charge in [0.2, 0.25) is 0 Å². The molecule has 8 rings (SSSR count). The van der Waals surface area contributed by atoms with Crippen LogP contribution in [0.3, 0.4) is 0 Å². The van der Waals surface area contributed by atoms with E-state index in [0.717, 1.165) is 44.1 Å². The van der Waals surface area contributed by atoms with E-state index in [1.54, 1.807) is 19.2 Å². The third kappa shape index (κ3) is 7.42. The SMILES string of the molecule is COC(C)C(O[C@H]1C[C@H]2OC(C)(C)OC2C(C)O1)[C@H](O)CO[C@H]1CC[C@@]2(C)[C@H](CC[C@@H]3[C@@H]2C[C@@H](O)[C@]2(C)[C@@H](C4CC(O)OC4Cc4ccccc4O)CC[C@]32O)C1.